The number of carbonyl (C=O) groups excluding carboxylic acids is 1. The Morgan fingerprint density at radius 2 is 1.94 bits per heavy atom. The van der Waals surface area contributed by atoms with Crippen LogP contribution in [0.5, 0.6) is 0 Å². The second-order valence-electron chi connectivity index (χ2n) is 6.44. The Morgan fingerprint density at radius 3 is 2.35 bits per heavy atom. The molecule has 2 aliphatic carbocycles. The number of rotatable bonds is 2. The van der Waals surface area contributed by atoms with Crippen molar-refractivity contribution in [3.63, 3.8) is 0 Å². The second-order valence-corrected chi connectivity index (χ2v) is 6.44. The molecule has 4 unspecified atom stereocenters. The molecule has 94 valence electrons. The number of carboxylic acid groups (broad SMARTS) is 1. The molecule has 0 spiro atoms. The van der Waals surface area contributed by atoms with Gasteiger partial charge < -0.3 is 10.0 Å². The maximum absolute atomic E-state index is 12.4. The summed E-state index contributed by atoms with van der Waals surface area (Å²) in [5.74, 6) is -0.824. The summed E-state index contributed by atoms with van der Waals surface area (Å²) in [6.45, 7) is 4.65. The number of aliphatic carboxylic acids is 1. The van der Waals surface area contributed by atoms with Gasteiger partial charge in [-0.3, -0.25) is 9.59 Å². The van der Waals surface area contributed by atoms with Gasteiger partial charge in [0.15, 0.2) is 0 Å². The molecular weight excluding hydrogens is 218 g/mol. The van der Waals surface area contributed by atoms with E-state index in [-0.39, 0.29) is 17.2 Å². The SMILES string of the molecule is CC1(C)C(C(=O)O)C1C(=O)N1CC2CCC1C2. The number of fused-ring (bicyclic) bond motifs is 2. The zero-order valence-electron chi connectivity index (χ0n) is 10.3. The van der Waals surface area contributed by atoms with E-state index in [0.29, 0.717) is 12.0 Å². The number of hydrogen-bond acceptors (Lipinski definition) is 2. The van der Waals surface area contributed by atoms with Crippen LogP contribution < -0.4 is 0 Å². The van der Waals surface area contributed by atoms with E-state index in [4.69, 9.17) is 5.11 Å². The van der Waals surface area contributed by atoms with Crippen molar-refractivity contribution in [3.05, 3.63) is 0 Å². The van der Waals surface area contributed by atoms with E-state index in [2.05, 4.69) is 0 Å². The first-order valence-corrected chi connectivity index (χ1v) is 6.46. The van der Waals surface area contributed by atoms with Crippen LogP contribution in [0.25, 0.3) is 0 Å². The highest BCUT2D eigenvalue weighted by Crippen LogP contribution is 2.59. The molecule has 1 heterocycles. The van der Waals surface area contributed by atoms with Gasteiger partial charge in [-0.2, -0.15) is 0 Å². The van der Waals surface area contributed by atoms with Crippen molar-refractivity contribution in [2.75, 3.05) is 6.54 Å². The topological polar surface area (TPSA) is 57.6 Å². The van der Waals surface area contributed by atoms with Gasteiger partial charge in [0.2, 0.25) is 5.91 Å². The molecule has 1 saturated heterocycles. The van der Waals surface area contributed by atoms with Crippen molar-refractivity contribution in [3.8, 4) is 0 Å². The number of likely N-dealkylation sites (tertiary alicyclic amines) is 1. The Labute approximate surface area is 101 Å². The monoisotopic (exact) mass is 237 g/mol. The third kappa shape index (κ3) is 1.42. The molecule has 2 saturated carbocycles. The molecule has 4 nitrogen and oxygen atoms in total. The predicted octanol–water partition coefficient (Wildman–Crippen LogP) is 1.35. The first kappa shape index (κ1) is 11.1. The largest absolute Gasteiger partial charge is 0.481 e. The van der Waals surface area contributed by atoms with Crippen molar-refractivity contribution in [2.24, 2.45) is 23.2 Å². The average Bonchev–Trinajstić information content (AvgIpc) is 2.67. The molecule has 3 fully saturated rings. The fourth-order valence-corrected chi connectivity index (χ4v) is 3.93. The van der Waals surface area contributed by atoms with Crippen molar-refractivity contribution in [2.45, 2.75) is 39.2 Å². The van der Waals surface area contributed by atoms with Crippen molar-refractivity contribution < 1.29 is 14.7 Å². The van der Waals surface area contributed by atoms with Gasteiger partial charge in [-0.05, 0) is 30.6 Å². The zero-order chi connectivity index (χ0) is 12.4. The zero-order valence-corrected chi connectivity index (χ0v) is 10.3. The van der Waals surface area contributed by atoms with Crippen LogP contribution in [0.15, 0.2) is 0 Å². The Kier molecular flexibility index (Phi) is 2.11. The fraction of sp³-hybridized carbons (Fsp3) is 0.846. The molecule has 2 bridgehead atoms. The molecule has 4 atom stereocenters. The van der Waals surface area contributed by atoms with E-state index < -0.39 is 11.9 Å². The molecule has 1 aliphatic heterocycles. The van der Waals surface area contributed by atoms with Gasteiger partial charge >= 0.3 is 5.97 Å². The number of amides is 1. The van der Waals surface area contributed by atoms with Gasteiger partial charge in [0.05, 0.1) is 11.8 Å². The fourth-order valence-electron chi connectivity index (χ4n) is 3.93. The maximum Gasteiger partial charge on any atom is 0.307 e. The third-order valence-electron chi connectivity index (χ3n) is 5.05. The van der Waals surface area contributed by atoms with Crippen molar-refractivity contribution in [1.29, 1.82) is 0 Å². The highest BCUT2D eigenvalue weighted by Gasteiger charge is 2.67. The number of piperidine rings is 1. The molecule has 3 rings (SSSR count). The molecule has 0 aromatic carbocycles. The summed E-state index contributed by atoms with van der Waals surface area (Å²) in [6.07, 6.45) is 3.49. The molecule has 4 heteroatoms. The summed E-state index contributed by atoms with van der Waals surface area (Å²) in [4.78, 5) is 25.4. The summed E-state index contributed by atoms with van der Waals surface area (Å²) in [6, 6.07) is 0.401. The van der Waals surface area contributed by atoms with E-state index in [1.54, 1.807) is 0 Å². The van der Waals surface area contributed by atoms with Crippen molar-refractivity contribution >= 4 is 11.9 Å². The molecule has 0 aromatic rings. The number of hydrogen-bond donors (Lipinski definition) is 1. The smallest absolute Gasteiger partial charge is 0.307 e. The standard InChI is InChI=1S/C13H19NO3/c1-13(2)9(10(13)12(16)17)11(15)14-6-7-3-4-8(14)5-7/h7-10H,3-6H2,1-2H3,(H,16,17). The van der Waals surface area contributed by atoms with Gasteiger partial charge in [-0.25, -0.2) is 0 Å². The van der Waals surface area contributed by atoms with Gasteiger partial charge in [0.25, 0.3) is 0 Å². The lowest BCUT2D eigenvalue weighted by Gasteiger charge is -2.27. The summed E-state index contributed by atoms with van der Waals surface area (Å²) in [5.41, 5.74) is -0.356. The summed E-state index contributed by atoms with van der Waals surface area (Å²) in [7, 11) is 0. The van der Waals surface area contributed by atoms with Crippen LogP contribution in [0.3, 0.4) is 0 Å². The molecule has 0 radical (unpaired) electrons. The molecule has 1 amide bonds. The quantitative estimate of drug-likeness (QED) is 0.788. The first-order valence-electron chi connectivity index (χ1n) is 6.46. The first-order chi connectivity index (χ1) is 7.93. The van der Waals surface area contributed by atoms with Crippen LogP contribution in [0, 0.1) is 23.2 Å². The van der Waals surface area contributed by atoms with Crippen LogP contribution in [0.4, 0.5) is 0 Å². The van der Waals surface area contributed by atoms with Crippen LogP contribution >= 0.6 is 0 Å². The van der Waals surface area contributed by atoms with E-state index in [9.17, 15) is 9.59 Å². The van der Waals surface area contributed by atoms with E-state index in [0.717, 1.165) is 19.4 Å². The number of nitrogens with zero attached hydrogens (tertiary/aromatic N) is 1. The predicted molar refractivity (Wildman–Crippen MR) is 61.2 cm³/mol. The van der Waals surface area contributed by atoms with E-state index in [1.807, 2.05) is 18.7 Å². The maximum atomic E-state index is 12.4. The van der Waals surface area contributed by atoms with Crippen LogP contribution in [0.1, 0.15) is 33.1 Å². The summed E-state index contributed by atoms with van der Waals surface area (Å²) in [5, 5.41) is 9.11. The van der Waals surface area contributed by atoms with Gasteiger partial charge in [0, 0.05) is 12.6 Å². The van der Waals surface area contributed by atoms with Gasteiger partial charge in [-0.1, -0.05) is 13.8 Å². The van der Waals surface area contributed by atoms with Gasteiger partial charge in [0.1, 0.15) is 0 Å². The van der Waals surface area contributed by atoms with E-state index >= 15 is 0 Å². The highest BCUT2D eigenvalue weighted by atomic mass is 16.4. The molecular formula is C13H19NO3. The van der Waals surface area contributed by atoms with Crippen molar-refractivity contribution in [1.82, 2.24) is 4.90 Å². The third-order valence-corrected chi connectivity index (χ3v) is 5.05. The minimum atomic E-state index is -0.822. The Morgan fingerprint density at radius 1 is 1.24 bits per heavy atom. The molecule has 3 aliphatic rings. The number of carboxylic acids is 1. The summed E-state index contributed by atoms with van der Waals surface area (Å²) >= 11 is 0. The van der Waals surface area contributed by atoms with Crippen LogP contribution in [0.2, 0.25) is 0 Å². The minimum Gasteiger partial charge on any atom is -0.481 e. The highest BCUT2D eigenvalue weighted by molar-refractivity contribution is 5.92. The summed E-state index contributed by atoms with van der Waals surface area (Å²) < 4.78 is 0. The van der Waals surface area contributed by atoms with Crippen LogP contribution in [-0.4, -0.2) is 34.5 Å². The lowest BCUT2D eigenvalue weighted by atomic mass is 10.1. The second kappa shape index (κ2) is 3.24. The Hall–Kier alpha value is -1.06. The minimum absolute atomic E-state index is 0.0922. The Bertz CT molecular complexity index is 390. The molecule has 1 N–H and O–H groups in total. The molecule has 0 aromatic heterocycles. The van der Waals surface area contributed by atoms with Crippen LogP contribution in [-0.2, 0) is 9.59 Å². The lowest BCUT2D eigenvalue weighted by Crippen LogP contribution is -2.39. The average molecular weight is 237 g/mol. The normalized spacial score (nSPS) is 41.6. The lowest BCUT2D eigenvalue weighted by molar-refractivity contribution is -0.142. The number of carbonyl (C=O) groups is 2. The van der Waals surface area contributed by atoms with Gasteiger partial charge in [-0.15, -0.1) is 0 Å². The molecule has 17 heavy (non-hydrogen) atoms. The van der Waals surface area contributed by atoms with E-state index in [1.165, 1.54) is 6.42 Å². The Balaban J connectivity index is 1.74.